The Morgan fingerprint density at radius 3 is 2.58 bits per heavy atom. The molecule has 1 aliphatic rings. The highest BCUT2D eigenvalue weighted by Gasteiger charge is 2.39. The Kier molecular flexibility index (Phi) is 4.43. The first kappa shape index (κ1) is 20.7. The van der Waals surface area contributed by atoms with Gasteiger partial charge in [0.15, 0.2) is 11.5 Å². The van der Waals surface area contributed by atoms with Gasteiger partial charge in [0.2, 0.25) is 11.8 Å². The van der Waals surface area contributed by atoms with E-state index >= 15 is 0 Å². The number of rotatable bonds is 3. The van der Waals surface area contributed by atoms with E-state index in [-0.39, 0.29) is 5.75 Å². The molecule has 0 saturated heterocycles. The van der Waals surface area contributed by atoms with E-state index < -0.39 is 5.92 Å². The maximum atomic E-state index is 10.4. The largest absolute Gasteiger partial charge is 0.507 e. The molecule has 10 heteroatoms. The smallest absolute Gasteiger partial charge is 0.230 e. The molecular formula is C26H17ClN6O3. The summed E-state index contributed by atoms with van der Waals surface area (Å²) < 4.78 is 15.6. The summed E-state index contributed by atoms with van der Waals surface area (Å²) in [6, 6.07) is 18.1. The number of phenolic OH excluding ortho intramolecular Hbond substituents is 1. The van der Waals surface area contributed by atoms with Crippen molar-refractivity contribution < 1.29 is 14.3 Å². The summed E-state index contributed by atoms with van der Waals surface area (Å²) in [6.45, 7) is 1.93. The van der Waals surface area contributed by atoms with Gasteiger partial charge in [-0.3, -0.25) is 0 Å². The summed E-state index contributed by atoms with van der Waals surface area (Å²) in [6.07, 6.45) is 3.18. The standard InChI is InChI=1S/C26H17ClN6O3/c1-14-20-21(19-7-4-12-35-19)22-24-29-23(17-5-2-3-6-18(17)34)31-32(24)13-28-25(22)36-26(20)33(30-14)16-10-8-15(27)9-11-16/h2-13,21,34H,1H3/t21-/m1/s1. The van der Waals surface area contributed by atoms with Crippen molar-refractivity contribution in [1.82, 2.24) is 29.4 Å². The minimum atomic E-state index is -0.391. The number of benzene rings is 2. The number of phenols is 1. The van der Waals surface area contributed by atoms with Gasteiger partial charge in [-0.1, -0.05) is 23.7 Å². The highest BCUT2D eigenvalue weighted by Crippen LogP contribution is 2.50. The number of ether oxygens (including phenoxy) is 1. The molecule has 0 bridgehead atoms. The second-order valence-corrected chi connectivity index (χ2v) is 8.86. The van der Waals surface area contributed by atoms with Crippen molar-refractivity contribution in [3.63, 3.8) is 0 Å². The summed E-state index contributed by atoms with van der Waals surface area (Å²) in [7, 11) is 0. The lowest BCUT2D eigenvalue weighted by molar-refractivity contribution is 0.392. The van der Waals surface area contributed by atoms with Crippen LogP contribution in [0.5, 0.6) is 17.5 Å². The van der Waals surface area contributed by atoms with E-state index in [0.717, 1.165) is 16.9 Å². The third-order valence-electron chi connectivity index (χ3n) is 6.26. The molecule has 1 atom stereocenters. The topological polar surface area (TPSA) is 104 Å². The first-order chi connectivity index (χ1) is 17.6. The van der Waals surface area contributed by atoms with Crippen LogP contribution in [0.3, 0.4) is 0 Å². The third kappa shape index (κ3) is 3.03. The molecule has 36 heavy (non-hydrogen) atoms. The molecule has 6 aromatic rings. The number of aromatic hydroxyl groups is 1. The molecule has 0 saturated carbocycles. The fourth-order valence-electron chi connectivity index (χ4n) is 4.65. The van der Waals surface area contributed by atoms with E-state index in [2.05, 4.69) is 10.1 Å². The predicted molar refractivity (Wildman–Crippen MR) is 131 cm³/mol. The fraction of sp³-hybridized carbons (Fsp3) is 0.0769. The molecule has 0 aliphatic carbocycles. The van der Waals surface area contributed by atoms with Crippen LogP contribution in [0.2, 0.25) is 5.02 Å². The van der Waals surface area contributed by atoms with E-state index in [0.29, 0.717) is 45.1 Å². The van der Waals surface area contributed by atoms with E-state index in [9.17, 15) is 5.11 Å². The second-order valence-electron chi connectivity index (χ2n) is 8.43. The average molecular weight is 497 g/mol. The molecular weight excluding hydrogens is 480 g/mol. The van der Waals surface area contributed by atoms with Crippen LogP contribution in [0, 0.1) is 6.92 Å². The lowest BCUT2D eigenvalue weighted by atomic mass is 9.88. The van der Waals surface area contributed by atoms with Crippen molar-refractivity contribution in [1.29, 1.82) is 0 Å². The monoisotopic (exact) mass is 496 g/mol. The maximum Gasteiger partial charge on any atom is 0.230 e. The SMILES string of the molecule is Cc1nn(-c2ccc(Cl)cc2)c2c1[C@@H](c1ccco1)c1c(ncn3nc(-c4ccccc4O)nc13)O2. The number of hydrogen-bond donors (Lipinski definition) is 1. The zero-order valence-electron chi connectivity index (χ0n) is 18.8. The number of furan rings is 1. The zero-order chi connectivity index (χ0) is 24.4. The van der Waals surface area contributed by atoms with Gasteiger partial charge in [-0.05, 0) is 55.5 Å². The lowest BCUT2D eigenvalue weighted by Crippen LogP contribution is -2.15. The molecule has 4 aromatic heterocycles. The number of halogens is 1. The first-order valence-corrected chi connectivity index (χ1v) is 11.6. The normalized spacial score (nSPS) is 14.4. The van der Waals surface area contributed by atoms with Gasteiger partial charge in [0.05, 0.1) is 40.3 Å². The summed E-state index contributed by atoms with van der Waals surface area (Å²) in [4.78, 5) is 9.35. The molecule has 2 aromatic carbocycles. The van der Waals surface area contributed by atoms with Crippen LogP contribution < -0.4 is 4.74 Å². The number of fused-ring (bicyclic) bond motifs is 4. The van der Waals surface area contributed by atoms with Crippen molar-refractivity contribution in [3.05, 3.63) is 101 Å². The van der Waals surface area contributed by atoms with Gasteiger partial charge in [0, 0.05) is 5.02 Å². The predicted octanol–water partition coefficient (Wildman–Crippen LogP) is 5.52. The van der Waals surface area contributed by atoms with Crippen LogP contribution in [0.15, 0.2) is 77.7 Å². The second kappa shape index (κ2) is 7.69. The quantitative estimate of drug-likeness (QED) is 0.343. The van der Waals surface area contributed by atoms with Crippen molar-refractivity contribution in [3.8, 4) is 34.6 Å². The Hall–Kier alpha value is -4.63. The Bertz CT molecular complexity index is 1760. The van der Waals surface area contributed by atoms with Crippen LogP contribution >= 0.6 is 11.6 Å². The number of aryl methyl sites for hydroxylation is 1. The molecule has 5 heterocycles. The number of para-hydroxylation sites is 1. The Labute approximate surface area is 209 Å². The molecule has 0 unspecified atom stereocenters. The average Bonchev–Trinajstić information content (AvgIpc) is 3.63. The molecule has 0 spiro atoms. The van der Waals surface area contributed by atoms with E-state index in [1.54, 1.807) is 52.1 Å². The molecule has 9 nitrogen and oxygen atoms in total. The van der Waals surface area contributed by atoms with Crippen LogP contribution in [0.25, 0.3) is 22.7 Å². The fourth-order valence-corrected chi connectivity index (χ4v) is 4.78. The van der Waals surface area contributed by atoms with Gasteiger partial charge in [-0.2, -0.15) is 5.10 Å². The highest BCUT2D eigenvalue weighted by atomic mass is 35.5. The first-order valence-electron chi connectivity index (χ1n) is 11.2. The summed E-state index contributed by atoms with van der Waals surface area (Å²) in [5.41, 5.74) is 4.19. The van der Waals surface area contributed by atoms with E-state index in [1.807, 2.05) is 37.3 Å². The van der Waals surface area contributed by atoms with Crippen molar-refractivity contribution in [2.45, 2.75) is 12.8 Å². The third-order valence-corrected chi connectivity index (χ3v) is 6.52. The van der Waals surface area contributed by atoms with E-state index in [1.165, 1.54) is 0 Å². The van der Waals surface area contributed by atoms with Crippen molar-refractivity contribution in [2.75, 3.05) is 0 Å². The minimum absolute atomic E-state index is 0.0939. The summed E-state index contributed by atoms with van der Waals surface area (Å²) >= 11 is 6.10. The van der Waals surface area contributed by atoms with Gasteiger partial charge >= 0.3 is 0 Å². The maximum absolute atomic E-state index is 10.4. The molecule has 0 amide bonds. The van der Waals surface area contributed by atoms with Gasteiger partial charge in [0.25, 0.3) is 0 Å². The van der Waals surface area contributed by atoms with Crippen molar-refractivity contribution in [2.24, 2.45) is 0 Å². The van der Waals surface area contributed by atoms with Crippen LogP contribution in [0.4, 0.5) is 0 Å². The molecule has 0 fully saturated rings. The molecule has 1 N–H and O–H groups in total. The van der Waals surface area contributed by atoms with Gasteiger partial charge in [-0.25, -0.2) is 19.2 Å². The Morgan fingerprint density at radius 2 is 1.81 bits per heavy atom. The van der Waals surface area contributed by atoms with Gasteiger partial charge in [-0.15, -0.1) is 5.10 Å². The molecule has 0 radical (unpaired) electrons. The van der Waals surface area contributed by atoms with Gasteiger partial charge < -0.3 is 14.3 Å². The van der Waals surface area contributed by atoms with Crippen molar-refractivity contribution >= 4 is 17.2 Å². The van der Waals surface area contributed by atoms with Crippen LogP contribution in [0.1, 0.15) is 28.5 Å². The Morgan fingerprint density at radius 1 is 0.972 bits per heavy atom. The number of nitrogens with zero attached hydrogens (tertiary/aromatic N) is 6. The van der Waals surface area contributed by atoms with Crippen LogP contribution in [-0.2, 0) is 0 Å². The minimum Gasteiger partial charge on any atom is -0.507 e. The van der Waals surface area contributed by atoms with E-state index in [4.69, 9.17) is 30.8 Å². The van der Waals surface area contributed by atoms with Gasteiger partial charge in [0.1, 0.15) is 17.8 Å². The summed E-state index contributed by atoms with van der Waals surface area (Å²) in [5.74, 6) is 1.69. The van der Waals surface area contributed by atoms with Crippen LogP contribution in [-0.4, -0.2) is 34.5 Å². The molecule has 7 rings (SSSR count). The zero-order valence-corrected chi connectivity index (χ0v) is 19.6. The number of hydrogen-bond acceptors (Lipinski definition) is 7. The molecule has 1 aliphatic heterocycles. The summed E-state index contributed by atoms with van der Waals surface area (Å²) in [5, 5.41) is 20.3. The highest BCUT2D eigenvalue weighted by molar-refractivity contribution is 6.30. The number of aromatic nitrogens is 6. The Balaban J connectivity index is 1.47. The molecule has 176 valence electrons. The lowest BCUT2D eigenvalue weighted by Gasteiger charge is -2.24.